The summed E-state index contributed by atoms with van der Waals surface area (Å²) < 4.78 is 6.51. The molecule has 2 heterocycles. The summed E-state index contributed by atoms with van der Waals surface area (Å²) in [7, 11) is 1.67. The third-order valence-electron chi connectivity index (χ3n) is 4.43. The Bertz CT molecular complexity index is 875. The van der Waals surface area contributed by atoms with E-state index in [1.807, 2.05) is 30.3 Å². The van der Waals surface area contributed by atoms with Gasteiger partial charge in [-0.3, -0.25) is 0 Å². The molecule has 4 nitrogen and oxygen atoms in total. The third-order valence-corrected chi connectivity index (χ3v) is 5.90. The van der Waals surface area contributed by atoms with Crippen LogP contribution in [-0.4, -0.2) is 28.7 Å². The summed E-state index contributed by atoms with van der Waals surface area (Å²) in [6.07, 6.45) is 2.21. The van der Waals surface area contributed by atoms with Crippen LogP contribution in [0.1, 0.15) is 23.9 Å². The van der Waals surface area contributed by atoms with Crippen molar-refractivity contribution in [2.75, 3.05) is 19.0 Å². The van der Waals surface area contributed by atoms with Gasteiger partial charge in [-0.05, 0) is 49.3 Å². The molecule has 0 radical (unpaired) electrons. The van der Waals surface area contributed by atoms with E-state index in [1.165, 1.54) is 4.70 Å². The van der Waals surface area contributed by atoms with Crippen molar-refractivity contribution in [1.29, 1.82) is 0 Å². The molecule has 25 heavy (non-hydrogen) atoms. The van der Waals surface area contributed by atoms with E-state index >= 15 is 0 Å². The SMILES string of the molecule is COc1cccc(NC(=S)N2CCC[C@H]2c2nc3ccccc3s2)c1. The standard InChI is InChI=1S/C19H19N3OS2/c1-23-14-7-4-6-13(12-14)20-19(24)22-11-5-9-16(22)18-21-15-8-2-3-10-17(15)25-18/h2-4,6-8,10,12,16H,5,9,11H2,1H3,(H,20,24)/t16-/m0/s1. The van der Waals surface area contributed by atoms with Crippen LogP contribution >= 0.6 is 23.6 Å². The van der Waals surface area contributed by atoms with E-state index in [0.29, 0.717) is 0 Å². The molecule has 1 aromatic heterocycles. The average Bonchev–Trinajstić information content (AvgIpc) is 3.28. The number of methoxy groups -OCH3 is 1. The predicted octanol–water partition coefficient (Wildman–Crippen LogP) is 4.84. The third kappa shape index (κ3) is 3.32. The Morgan fingerprint density at radius 2 is 2.16 bits per heavy atom. The lowest BCUT2D eigenvalue weighted by Crippen LogP contribution is -2.34. The largest absolute Gasteiger partial charge is 0.497 e. The minimum Gasteiger partial charge on any atom is -0.497 e. The van der Waals surface area contributed by atoms with E-state index in [-0.39, 0.29) is 6.04 Å². The predicted molar refractivity (Wildman–Crippen MR) is 108 cm³/mol. The molecular formula is C19H19N3OS2. The Labute approximate surface area is 156 Å². The van der Waals surface area contributed by atoms with Crippen LogP contribution in [0.5, 0.6) is 5.75 Å². The van der Waals surface area contributed by atoms with E-state index in [0.717, 1.165) is 46.5 Å². The minimum atomic E-state index is 0.253. The monoisotopic (exact) mass is 369 g/mol. The van der Waals surface area contributed by atoms with Gasteiger partial charge in [0.15, 0.2) is 5.11 Å². The highest BCUT2D eigenvalue weighted by molar-refractivity contribution is 7.80. The van der Waals surface area contributed by atoms with E-state index in [1.54, 1.807) is 18.4 Å². The van der Waals surface area contributed by atoms with Gasteiger partial charge in [0.05, 0.1) is 23.4 Å². The Morgan fingerprint density at radius 1 is 1.28 bits per heavy atom. The van der Waals surface area contributed by atoms with Crippen LogP contribution < -0.4 is 10.1 Å². The molecule has 0 bridgehead atoms. The summed E-state index contributed by atoms with van der Waals surface area (Å²) >= 11 is 7.45. The van der Waals surface area contributed by atoms with Gasteiger partial charge in [0.2, 0.25) is 0 Å². The number of thiazole rings is 1. The number of rotatable bonds is 3. The molecule has 128 valence electrons. The second-order valence-corrected chi connectivity index (χ2v) is 7.48. The van der Waals surface area contributed by atoms with Crippen molar-refractivity contribution in [3.05, 3.63) is 53.5 Å². The van der Waals surface area contributed by atoms with Crippen molar-refractivity contribution in [3.8, 4) is 5.75 Å². The summed E-state index contributed by atoms with van der Waals surface area (Å²) in [5.41, 5.74) is 2.01. The van der Waals surface area contributed by atoms with E-state index < -0.39 is 0 Å². The summed E-state index contributed by atoms with van der Waals surface area (Å²) in [6.45, 7) is 0.955. The zero-order valence-electron chi connectivity index (χ0n) is 13.9. The van der Waals surface area contributed by atoms with Crippen LogP contribution in [0.2, 0.25) is 0 Å². The van der Waals surface area contributed by atoms with Gasteiger partial charge in [0.25, 0.3) is 0 Å². The highest BCUT2D eigenvalue weighted by Gasteiger charge is 2.30. The Balaban J connectivity index is 1.55. The number of nitrogens with one attached hydrogen (secondary N) is 1. The van der Waals surface area contributed by atoms with Gasteiger partial charge in [-0.25, -0.2) is 4.98 Å². The van der Waals surface area contributed by atoms with E-state index in [4.69, 9.17) is 21.9 Å². The van der Waals surface area contributed by atoms with E-state index in [2.05, 4.69) is 28.4 Å². The first-order valence-corrected chi connectivity index (χ1v) is 9.54. The van der Waals surface area contributed by atoms with Gasteiger partial charge < -0.3 is 15.0 Å². The molecule has 2 aromatic carbocycles. The number of hydrogen-bond donors (Lipinski definition) is 1. The molecule has 4 rings (SSSR count). The zero-order valence-corrected chi connectivity index (χ0v) is 15.6. The lowest BCUT2D eigenvalue weighted by Gasteiger charge is -2.26. The van der Waals surface area contributed by atoms with Crippen molar-refractivity contribution < 1.29 is 4.74 Å². The molecular weight excluding hydrogens is 350 g/mol. The highest BCUT2D eigenvalue weighted by Crippen LogP contribution is 2.36. The van der Waals surface area contributed by atoms with Gasteiger partial charge in [-0.2, -0.15) is 0 Å². The van der Waals surface area contributed by atoms with Crippen molar-refractivity contribution in [2.24, 2.45) is 0 Å². The quantitative estimate of drug-likeness (QED) is 0.669. The number of nitrogens with zero attached hydrogens (tertiary/aromatic N) is 2. The van der Waals surface area contributed by atoms with Crippen LogP contribution in [0.3, 0.4) is 0 Å². The number of ether oxygens (including phenoxy) is 1. The molecule has 1 fully saturated rings. The Kier molecular flexibility index (Phi) is 4.55. The molecule has 1 atom stereocenters. The molecule has 1 saturated heterocycles. The van der Waals surface area contributed by atoms with Gasteiger partial charge in [0.1, 0.15) is 10.8 Å². The number of benzene rings is 2. The molecule has 0 unspecified atom stereocenters. The van der Waals surface area contributed by atoms with Crippen molar-refractivity contribution >= 4 is 44.6 Å². The molecule has 0 saturated carbocycles. The molecule has 0 spiro atoms. The van der Waals surface area contributed by atoms with Crippen molar-refractivity contribution in [1.82, 2.24) is 9.88 Å². The Hall–Kier alpha value is -2.18. The molecule has 3 aromatic rings. The number of thiocarbonyl (C=S) groups is 1. The number of hydrogen-bond acceptors (Lipinski definition) is 4. The fraction of sp³-hybridized carbons (Fsp3) is 0.263. The maximum Gasteiger partial charge on any atom is 0.174 e. The van der Waals surface area contributed by atoms with E-state index in [9.17, 15) is 0 Å². The molecule has 0 amide bonds. The first-order valence-electron chi connectivity index (χ1n) is 8.32. The lowest BCUT2D eigenvalue weighted by atomic mass is 10.2. The van der Waals surface area contributed by atoms with Crippen LogP contribution in [-0.2, 0) is 0 Å². The summed E-state index contributed by atoms with van der Waals surface area (Å²) in [4.78, 5) is 7.09. The van der Waals surface area contributed by atoms with Gasteiger partial charge in [-0.15, -0.1) is 11.3 Å². The number of fused-ring (bicyclic) bond motifs is 1. The fourth-order valence-electron chi connectivity index (χ4n) is 3.20. The second kappa shape index (κ2) is 6.98. The number of aromatic nitrogens is 1. The molecule has 1 aliphatic heterocycles. The van der Waals surface area contributed by atoms with Crippen LogP contribution in [0.25, 0.3) is 10.2 Å². The molecule has 6 heteroatoms. The van der Waals surface area contributed by atoms with Gasteiger partial charge in [0, 0.05) is 18.3 Å². The number of para-hydroxylation sites is 1. The molecule has 1 N–H and O–H groups in total. The summed E-state index contributed by atoms with van der Waals surface area (Å²) in [5.74, 6) is 0.817. The minimum absolute atomic E-state index is 0.253. The van der Waals surface area contributed by atoms with Crippen LogP contribution in [0, 0.1) is 0 Å². The summed E-state index contributed by atoms with van der Waals surface area (Å²) in [5, 5.41) is 5.24. The number of likely N-dealkylation sites (tertiary alicyclic amines) is 1. The molecule has 1 aliphatic rings. The zero-order chi connectivity index (χ0) is 17.2. The molecule has 0 aliphatic carbocycles. The maximum atomic E-state index is 5.68. The van der Waals surface area contributed by atoms with Gasteiger partial charge in [-0.1, -0.05) is 18.2 Å². The smallest absolute Gasteiger partial charge is 0.174 e. The van der Waals surface area contributed by atoms with Crippen LogP contribution in [0.4, 0.5) is 5.69 Å². The average molecular weight is 370 g/mol. The number of anilines is 1. The lowest BCUT2D eigenvalue weighted by molar-refractivity contribution is 0.405. The van der Waals surface area contributed by atoms with Crippen molar-refractivity contribution in [3.63, 3.8) is 0 Å². The fourth-order valence-corrected chi connectivity index (χ4v) is 4.65. The van der Waals surface area contributed by atoms with Gasteiger partial charge >= 0.3 is 0 Å². The maximum absolute atomic E-state index is 5.68. The Morgan fingerprint density at radius 3 is 3.00 bits per heavy atom. The van der Waals surface area contributed by atoms with Crippen LogP contribution in [0.15, 0.2) is 48.5 Å². The first-order chi connectivity index (χ1) is 12.2. The highest BCUT2D eigenvalue weighted by atomic mass is 32.1. The normalized spacial score (nSPS) is 17.0. The first kappa shape index (κ1) is 16.3. The summed E-state index contributed by atoms with van der Waals surface area (Å²) in [6, 6.07) is 16.4. The van der Waals surface area contributed by atoms with Crippen molar-refractivity contribution in [2.45, 2.75) is 18.9 Å². The second-order valence-electron chi connectivity index (χ2n) is 6.03. The topological polar surface area (TPSA) is 37.4 Å².